The Morgan fingerprint density at radius 3 is 2.78 bits per heavy atom. The van der Waals surface area contributed by atoms with Crippen molar-refractivity contribution in [2.24, 2.45) is 5.92 Å². The van der Waals surface area contributed by atoms with Gasteiger partial charge in [0.1, 0.15) is 4.88 Å². The summed E-state index contributed by atoms with van der Waals surface area (Å²) < 4.78 is 5.34. The molecule has 1 aromatic heterocycles. The molecule has 1 saturated heterocycles. The Morgan fingerprint density at radius 2 is 2.28 bits per heavy atom. The zero-order valence-corrected chi connectivity index (χ0v) is 11.0. The van der Waals surface area contributed by atoms with Gasteiger partial charge in [-0.15, -0.1) is 11.3 Å². The SMILES string of the molecule is Cc1cc(NC(=O)C2CCOC2C)sc1C(=O)O. The monoisotopic (exact) mass is 269 g/mol. The van der Waals surface area contributed by atoms with E-state index in [-0.39, 0.29) is 22.8 Å². The van der Waals surface area contributed by atoms with Crippen LogP contribution in [0.4, 0.5) is 5.00 Å². The van der Waals surface area contributed by atoms with Crippen LogP contribution in [0.25, 0.3) is 0 Å². The van der Waals surface area contributed by atoms with Crippen LogP contribution < -0.4 is 5.32 Å². The zero-order valence-electron chi connectivity index (χ0n) is 10.2. The van der Waals surface area contributed by atoms with E-state index in [1.54, 1.807) is 13.0 Å². The Bertz CT molecular complexity index is 482. The lowest BCUT2D eigenvalue weighted by molar-refractivity contribution is -0.121. The molecule has 0 radical (unpaired) electrons. The number of carbonyl (C=O) groups excluding carboxylic acids is 1. The molecule has 1 amide bonds. The molecular weight excluding hydrogens is 254 g/mol. The number of nitrogens with one attached hydrogen (secondary N) is 1. The molecule has 0 aromatic carbocycles. The second-order valence-electron chi connectivity index (χ2n) is 4.39. The van der Waals surface area contributed by atoms with Gasteiger partial charge in [0.25, 0.3) is 0 Å². The number of thiophene rings is 1. The molecule has 1 aromatic rings. The number of carbonyl (C=O) groups is 2. The van der Waals surface area contributed by atoms with Crippen LogP contribution in [-0.4, -0.2) is 29.7 Å². The van der Waals surface area contributed by atoms with Crippen molar-refractivity contribution in [3.8, 4) is 0 Å². The predicted octanol–water partition coefficient (Wildman–Crippen LogP) is 2.12. The van der Waals surface area contributed by atoms with Crippen LogP contribution in [0.2, 0.25) is 0 Å². The molecule has 1 fully saturated rings. The first kappa shape index (κ1) is 13.0. The first-order valence-corrected chi connectivity index (χ1v) is 6.57. The van der Waals surface area contributed by atoms with Gasteiger partial charge in [-0.1, -0.05) is 0 Å². The van der Waals surface area contributed by atoms with Crippen LogP contribution >= 0.6 is 11.3 Å². The van der Waals surface area contributed by atoms with Gasteiger partial charge in [0, 0.05) is 6.61 Å². The van der Waals surface area contributed by atoms with Crippen LogP contribution in [-0.2, 0) is 9.53 Å². The number of hydrogen-bond acceptors (Lipinski definition) is 4. The first-order valence-electron chi connectivity index (χ1n) is 5.75. The molecule has 2 atom stereocenters. The summed E-state index contributed by atoms with van der Waals surface area (Å²) in [6, 6.07) is 1.69. The minimum absolute atomic E-state index is 0.0787. The summed E-state index contributed by atoms with van der Waals surface area (Å²) in [5.74, 6) is -1.21. The molecule has 2 unspecified atom stereocenters. The Hall–Kier alpha value is -1.40. The number of hydrogen-bond donors (Lipinski definition) is 2. The van der Waals surface area contributed by atoms with E-state index in [9.17, 15) is 9.59 Å². The van der Waals surface area contributed by atoms with Crippen molar-refractivity contribution in [2.75, 3.05) is 11.9 Å². The topological polar surface area (TPSA) is 75.6 Å². The highest BCUT2D eigenvalue weighted by atomic mass is 32.1. The molecule has 18 heavy (non-hydrogen) atoms. The molecule has 1 aliphatic heterocycles. The van der Waals surface area contributed by atoms with Gasteiger partial charge in [0.2, 0.25) is 5.91 Å². The van der Waals surface area contributed by atoms with Gasteiger partial charge in [0.15, 0.2) is 0 Å². The molecule has 2 rings (SSSR count). The Balaban J connectivity index is 2.07. The van der Waals surface area contributed by atoms with Crippen LogP contribution in [0.1, 0.15) is 28.6 Å². The van der Waals surface area contributed by atoms with Crippen molar-refractivity contribution in [2.45, 2.75) is 26.4 Å². The van der Waals surface area contributed by atoms with Crippen molar-refractivity contribution >= 4 is 28.2 Å². The van der Waals surface area contributed by atoms with Crippen LogP contribution in [0.5, 0.6) is 0 Å². The third-order valence-corrected chi connectivity index (χ3v) is 4.21. The van der Waals surface area contributed by atoms with Crippen LogP contribution in [0.3, 0.4) is 0 Å². The van der Waals surface area contributed by atoms with Crippen molar-refractivity contribution < 1.29 is 19.4 Å². The Labute approximate surface area is 109 Å². The number of carboxylic acid groups (broad SMARTS) is 1. The van der Waals surface area contributed by atoms with E-state index >= 15 is 0 Å². The summed E-state index contributed by atoms with van der Waals surface area (Å²) >= 11 is 1.08. The number of rotatable bonds is 3. The van der Waals surface area contributed by atoms with Crippen LogP contribution in [0, 0.1) is 12.8 Å². The molecule has 0 saturated carbocycles. The van der Waals surface area contributed by atoms with Crippen LogP contribution in [0.15, 0.2) is 6.07 Å². The van der Waals surface area contributed by atoms with Gasteiger partial charge in [0.05, 0.1) is 17.0 Å². The standard InChI is InChI=1S/C12H15NO4S/c1-6-5-9(18-10(6)12(15)16)13-11(14)8-3-4-17-7(8)2/h5,7-8H,3-4H2,1-2H3,(H,13,14)(H,15,16). The third kappa shape index (κ3) is 2.54. The van der Waals surface area contributed by atoms with E-state index in [4.69, 9.17) is 9.84 Å². The van der Waals surface area contributed by atoms with E-state index in [1.165, 1.54) is 0 Å². The maximum atomic E-state index is 12.0. The number of aryl methyl sites for hydroxylation is 1. The lowest BCUT2D eigenvalue weighted by Gasteiger charge is -2.12. The molecular formula is C12H15NO4S. The fourth-order valence-corrected chi connectivity index (χ4v) is 2.96. The van der Waals surface area contributed by atoms with Gasteiger partial charge in [-0.2, -0.15) is 0 Å². The summed E-state index contributed by atoms with van der Waals surface area (Å²) in [7, 11) is 0. The van der Waals surface area contributed by atoms with E-state index in [1.807, 2.05) is 6.92 Å². The first-order chi connectivity index (χ1) is 8.49. The fourth-order valence-electron chi connectivity index (χ4n) is 2.05. The Morgan fingerprint density at radius 1 is 1.56 bits per heavy atom. The highest BCUT2D eigenvalue weighted by Crippen LogP contribution is 2.28. The molecule has 2 heterocycles. The minimum Gasteiger partial charge on any atom is -0.477 e. The summed E-state index contributed by atoms with van der Waals surface area (Å²) in [5, 5.41) is 12.3. The normalized spacial score (nSPS) is 23.0. The number of aromatic carboxylic acids is 1. The lowest BCUT2D eigenvalue weighted by Crippen LogP contribution is -2.27. The second kappa shape index (κ2) is 5.07. The third-order valence-electron chi connectivity index (χ3n) is 3.07. The number of ether oxygens (including phenoxy) is 1. The average molecular weight is 269 g/mol. The highest BCUT2D eigenvalue weighted by molar-refractivity contribution is 7.18. The number of carboxylic acids is 1. The smallest absolute Gasteiger partial charge is 0.346 e. The molecule has 0 spiro atoms. The van der Waals surface area contributed by atoms with Gasteiger partial charge in [-0.05, 0) is 31.9 Å². The largest absolute Gasteiger partial charge is 0.477 e. The lowest BCUT2D eigenvalue weighted by atomic mass is 10.0. The van der Waals surface area contributed by atoms with E-state index in [0.29, 0.717) is 23.6 Å². The van der Waals surface area contributed by atoms with E-state index in [0.717, 1.165) is 11.3 Å². The molecule has 98 valence electrons. The Kier molecular flexibility index (Phi) is 3.68. The predicted molar refractivity (Wildman–Crippen MR) is 68.2 cm³/mol. The second-order valence-corrected chi connectivity index (χ2v) is 5.44. The summed E-state index contributed by atoms with van der Waals surface area (Å²) in [6.45, 7) is 4.19. The maximum absolute atomic E-state index is 12.0. The van der Waals surface area contributed by atoms with Crippen molar-refractivity contribution in [3.63, 3.8) is 0 Å². The molecule has 2 N–H and O–H groups in total. The van der Waals surface area contributed by atoms with Crippen molar-refractivity contribution in [1.29, 1.82) is 0 Å². The quantitative estimate of drug-likeness (QED) is 0.881. The average Bonchev–Trinajstić information content (AvgIpc) is 2.84. The number of anilines is 1. The van der Waals surface area contributed by atoms with Gasteiger partial charge in [-0.25, -0.2) is 4.79 Å². The zero-order chi connectivity index (χ0) is 13.3. The molecule has 0 bridgehead atoms. The summed E-state index contributed by atoms with van der Waals surface area (Å²) in [5.41, 5.74) is 0.665. The molecule has 1 aliphatic rings. The molecule has 0 aliphatic carbocycles. The van der Waals surface area contributed by atoms with E-state index < -0.39 is 5.97 Å². The van der Waals surface area contributed by atoms with E-state index in [2.05, 4.69) is 5.32 Å². The fraction of sp³-hybridized carbons (Fsp3) is 0.500. The molecule has 6 heteroatoms. The van der Waals surface area contributed by atoms with Crippen molar-refractivity contribution in [3.05, 3.63) is 16.5 Å². The maximum Gasteiger partial charge on any atom is 0.346 e. The minimum atomic E-state index is -0.962. The van der Waals surface area contributed by atoms with Gasteiger partial charge in [-0.3, -0.25) is 4.79 Å². The highest BCUT2D eigenvalue weighted by Gasteiger charge is 2.31. The summed E-state index contributed by atoms with van der Waals surface area (Å²) in [6.07, 6.45) is 0.633. The number of amides is 1. The van der Waals surface area contributed by atoms with Gasteiger partial charge >= 0.3 is 5.97 Å². The van der Waals surface area contributed by atoms with Gasteiger partial charge < -0.3 is 15.2 Å². The van der Waals surface area contributed by atoms with Crippen molar-refractivity contribution in [1.82, 2.24) is 0 Å². The summed E-state index contributed by atoms with van der Waals surface area (Å²) in [4.78, 5) is 23.2. The molecule has 5 nitrogen and oxygen atoms in total.